The van der Waals surface area contributed by atoms with Crippen LogP contribution < -0.4 is 10.2 Å². The highest BCUT2D eigenvalue weighted by Crippen LogP contribution is 2.32. The molecule has 1 N–H and O–H groups in total. The summed E-state index contributed by atoms with van der Waals surface area (Å²) in [6.07, 6.45) is 2.03. The zero-order valence-corrected chi connectivity index (χ0v) is 20.9. The normalized spacial score (nSPS) is 15.2. The molecule has 1 aliphatic rings. The molecule has 192 valence electrons. The lowest BCUT2D eigenvalue weighted by atomic mass is 9.99. The molecule has 36 heavy (non-hydrogen) atoms. The van der Waals surface area contributed by atoms with Crippen LogP contribution in [0.4, 0.5) is 17.1 Å². The van der Waals surface area contributed by atoms with Gasteiger partial charge in [0.2, 0.25) is 0 Å². The van der Waals surface area contributed by atoms with Gasteiger partial charge in [0.1, 0.15) is 5.69 Å². The Kier molecular flexibility index (Phi) is 8.99. The maximum atomic E-state index is 12.5. The Balaban J connectivity index is 1.59. The van der Waals surface area contributed by atoms with Gasteiger partial charge in [-0.1, -0.05) is 6.92 Å². The lowest BCUT2D eigenvalue weighted by molar-refractivity contribution is -0.384. The van der Waals surface area contributed by atoms with E-state index in [0.29, 0.717) is 35.9 Å². The number of nitrogens with one attached hydrogen (secondary N) is 1. The Morgan fingerprint density at radius 1 is 1.11 bits per heavy atom. The van der Waals surface area contributed by atoms with Crippen LogP contribution in [0.25, 0.3) is 0 Å². The average molecular weight is 497 g/mol. The maximum Gasteiger partial charge on any atom is 0.338 e. The second kappa shape index (κ2) is 12.1. The van der Waals surface area contributed by atoms with E-state index >= 15 is 0 Å². The summed E-state index contributed by atoms with van der Waals surface area (Å²) in [6, 6.07) is 10.7. The van der Waals surface area contributed by atoms with Crippen molar-refractivity contribution in [3.05, 3.63) is 63.7 Å². The SMILES string of the molecule is CCN(CC)C(=O)c1ccc(NC(=O)COC(=O)c2ccc(N3CCCC(C)C3)c([N+](=O)[O-])c2)cc1. The number of anilines is 2. The summed E-state index contributed by atoms with van der Waals surface area (Å²) >= 11 is 0. The summed E-state index contributed by atoms with van der Waals surface area (Å²) in [6.45, 7) is 7.99. The zero-order valence-electron chi connectivity index (χ0n) is 20.9. The first kappa shape index (κ1) is 26.7. The number of hydrogen-bond acceptors (Lipinski definition) is 7. The molecule has 1 aliphatic heterocycles. The molecule has 0 saturated carbocycles. The highest BCUT2D eigenvalue weighted by Gasteiger charge is 2.25. The summed E-state index contributed by atoms with van der Waals surface area (Å²) in [7, 11) is 0. The van der Waals surface area contributed by atoms with Gasteiger partial charge >= 0.3 is 5.97 Å². The number of nitro groups is 1. The predicted octanol–water partition coefficient (Wildman–Crippen LogP) is 4.11. The highest BCUT2D eigenvalue weighted by molar-refractivity contribution is 5.97. The Hall–Kier alpha value is -3.95. The fourth-order valence-electron chi connectivity index (χ4n) is 4.27. The third-order valence-corrected chi connectivity index (χ3v) is 6.21. The smallest absolute Gasteiger partial charge is 0.338 e. The number of piperidine rings is 1. The summed E-state index contributed by atoms with van der Waals surface area (Å²) in [5.41, 5.74) is 1.27. The molecule has 1 heterocycles. The number of benzene rings is 2. The van der Waals surface area contributed by atoms with E-state index < -0.39 is 23.4 Å². The number of nitrogens with zero attached hydrogens (tertiary/aromatic N) is 3. The van der Waals surface area contributed by atoms with Crippen LogP contribution >= 0.6 is 0 Å². The van der Waals surface area contributed by atoms with Crippen molar-refractivity contribution in [1.29, 1.82) is 0 Å². The van der Waals surface area contributed by atoms with E-state index in [1.807, 2.05) is 18.7 Å². The summed E-state index contributed by atoms with van der Waals surface area (Å²) in [4.78, 5) is 51.9. The molecule has 2 amide bonds. The molecule has 10 nitrogen and oxygen atoms in total. The first-order valence-corrected chi connectivity index (χ1v) is 12.1. The number of rotatable bonds is 9. The van der Waals surface area contributed by atoms with Crippen molar-refractivity contribution in [3.63, 3.8) is 0 Å². The fraction of sp³-hybridized carbons (Fsp3) is 0.423. The number of nitro benzene ring substituents is 1. The molecule has 2 aromatic rings. The van der Waals surface area contributed by atoms with E-state index in [2.05, 4.69) is 12.2 Å². The lowest BCUT2D eigenvalue weighted by Crippen LogP contribution is -2.34. The molecule has 3 rings (SSSR count). The van der Waals surface area contributed by atoms with Crippen LogP contribution in [0.1, 0.15) is 54.3 Å². The predicted molar refractivity (Wildman–Crippen MR) is 136 cm³/mol. The second-order valence-corrected chi connectivity index (χ2v) is 8.83. The van der Waals surface area contributed by atoms with Crippen LogP contribution in [0.15, 0.2) is 42.5 Å². The third-order valence-electron chi connectivity index (χ3n) is 6.21. The number of amides is 2. The third kappa shape index (κ3) is 6.59. The topological polar surface area (TPSA) is 122 Å². The first-order chi connectivity index (χ1) is 17.2. The molecule has 0 radical (unpaired) electrons. The van der Waals surface area contributed by atoms with E-state index in [0.717, 1.165) is 25.9 Å². The van der Waals surface area contributed by atoms with E-state index in [1.54, 1.807) is 35.2 Å². The van der Waals surface area contributed by atoms with Crippen LogP contribution in [0.5, 0.6) is 0 Å². The van der Waals surface area contributed by atoms with Gasteiger partial charge in [-0.15, -0.1) is 0 Å². The Bertz CT molecular complexity index is 1110. The summed E-state index contributed by atoms with van der Waals surface area (Å²) in [5.74, 6) is -1.06. The molecule has 0 aliphatic carbocycles. The average Bonchev–Trinajstić information content (AvgIpc) is 2.88. The van der Waals surface area contributed by atoms with Crippen molar-refractivity contribution in [3.8, 4) is 0 Å². The monoisotopic (exact) mass is 496 g/mol. The molecule has 2 aromatic carbocycles. The van der Waals surface area contributed by atoms with E-state index in [1.165, 1.54) is 12.1 Å². The lowest BCUT2D eigenvalue weighted by Gasteiger charge is -2.32. The van der Waals surface area contributed by atoms with Gasteiger partial charge in [-0.05, 0) is 69.0 Å². The standard InChI is InChI=1S/C26H32N4O6/c1-4-28(5-2)25(32)19-8-11-21(12-9-19)27-24(31)17-36-26(33)20-10-13-22(23(15-20)30(34)35)29-14-6-7-18(3)16-29/h8-13,15,18H,4-7,14,16-17H2,1-3H3,(H,27,31). The van der Waals surface area contributed by atoms with Crippen molar-refractivity contribution >= 4 is 34.8 Å². The minimum atomic E-state index is -0.827. The van der Waals surface area contributed by atoms with Gasteiger partial charge in [0.15, 0.2) is 6.61 Å². The van der Waals surface area contributed by atoms with Gasteiger partial charge < -0.3 is 19.9 Å². The van der Waals surface area contributed by atoms with Gasteiger partial charge in [0.05, 0.1) is 10.5 Å². The van der Waals surface area contributed by atoms with Crippen LogP contribution in [0.2, 0.25) is 0 Å². The van der Waals surface area contributed by atoms with Crippen molar-refractivity contribution in [2.24, 2.45) is 5.92 Å². The molecule has 10 heteroatoms. The number of carbonyl (C=O) groups is 3. The summed E-state index contributed by atoms with van der Waals surface area (Å²) < 4.78 is 5.07. The van der Waals surface area contributed by atoms with E-state index in [9.17, 15) is 24.5 Å². The Morgan fingerprint density at radius 2 is 1.78 bits per heavy atom. The molecule has 1 fully saturated rings. The quantitative estimate of drug-likeness (QED) is 0.315. The van der Waals surface area contributed by atoms with Crippen molar-refractivity contribution in [1.82, 2.24) is 4.90 Å². The minimum absolute atomic E-state index is 0.00238. The maximum absolute atomic E-state index is 12.5. The second-order valence-electron chi connectivity index (χ2n) is 8.83. The van der Waals surface area contributed by atoms with Crippen molar-refractivity contribution in [2.75, 3.05) is 43.0 Å². The highest BCUT2D eigenvalue weighted by atomic mass is 16.6. The van der Waals surface area contributed by atoms with E-state index in [-0.39, 0.29) is 17.2 Å². The molecule has 1 saturated heterocycles. The number of esters is 1. The summed E-state index contributed by atoms with van der Waals surface area (Å²) in [5, 5.41) is 14.3. The Labute approximate surface area is 210 Å². The van der Waals surface area contributed by atoms with Gasteiger partial charge in [0.25, 0.3) is 17.5 Å². The van der Waals surface area contributed by atoms with E-state index in [4.69, 9.17) is 4.74 Å². The fourth-order valence-corrected chi connectivity index (χ4v) is 4.27. The molecular weight excluding hydrogens is 464 g/mol. The Morgan fingerprint density at radius 3 is 2.39 bits per heavy atom. The van der Waals surface area contributed by atoms with Crippen molar-refractivity contribution in [2.45, 2.75) is 33.6 Å². The van der Waals surface area contributed by atoms with Gasteiger partial charge in [-0.2, -0.15) is 0 Å². The van der Waals surface area contributed by atoms with Crippen LogP contribution in [0.3, 0.4) is 0 Å². The number of hydrogen-bond donors (Lipinski definition) is 1. The molecular formula is C26H32N4O6. The zero-order chi connectivity index (χ0) is 26.2. The van der Waals surface area contributed by atoms with Gasteiger partial charge in [0, 0.05) is 43.5 Å². The van der Waals surface area contributed by atoms with Crippen LogP contribution in [-0.4, -0.2) is 60.4 Å². The molecule has 1 atom stereocenters. The molecule has 0 spiro atoms. The minimum Gasteiger partial charge on any atom is -0.452 e. The first-order valence-electron chi connectivity index (χ1n) is 12.1. The largest absolute Gasteiger partial charge is 0.452 e. The molecule has 1 unspecified atom stereocenters. The molecule has 0 aromatic heterocycles. The van der Waals surface area contributed by atoms with Crippen LogP contribution in [0, 0.1) is 16.0 Å². The molecule has 0 bridgehead atoms. The van der Waals surface area contributed by atoms with Crippen LogP contribution in [-0.2, 0) is 9.53 Å². The van der Waals surface area contributed by atoms with Crippen molar-refractivity contribution < 1.29 is 24.0 Å². The number of carbonyl (C=O) groups excluding carboxylic acids is 3. The van der Waals surface area contributed by atoms with Gasteiger partial charge in [-0.3, -0.25) is 19.7 Å². The van der Waals surface area contributed by atoms with Gasteiger partial charge in [-0.25, -0.2) is 4.79 Å². The number of ether oxygens (including phenoxy) is 1.